The van der Waals surface area contributed by atoms with E-state index in [-0.39, 0.29) is 6.10 Å². The fourth-order valence-electron chi connectivity index (χ4n) is 5.27. The Morgan fingerprint density at radius 2 is 1.78 bits per heavy atom. The molecule has 0 unspecified atom stereocenters. The molecule has 164 valence electrons. The summed E-state index contributed by atoms with van der Waals surface area (Å²) in [6.07, 6.45) is 6.51. The van der Waals surface area contributed by atoms with E-state index in [1.54, 1.807) is 6.20 Å². The highest BCUT2D eigenvalue weighted by Gasteiger charge is 2.43. The van der Waals surface area contributed by atoms with Crippen molar-refractivity contribution < 1.29 is 9.84 Å². The van der Waals surface area contributed by atoms with Gasteiger partial charge >= 0.3 is 0 Å². The largest absolute Gasteiger partial charge is 0.487 e. The molecule has 0 amide bonds. The average Bonchev–Trinajstić information content (AvgIpc) is 3.52. The molecule has 2 fully saturated rings. The number of aryl methyl sites for hydroxylation is 1. The van der Waals surface area contributed by atoms with Crippen molar-refractivity contribution in [2.45, 2.75) is 25.0 Å². The lowest BCUT2D eigenvalue weighted by Gasteiger charge is -2.35. The maximum atomic E-state index is 10.9. The predicted molar refractivity (Wildman–Crippen MR) is 120 cm³/mol. The lowest BCUT2D eigenvalue weighted by Crippen LogP contribution is -2.42. The van der Waals surface area contributed by atoms with Crippen LogP contribution in [0.2, 0.25) is 0 Å². The summed E-state index contributed by atoms with van der Waals surface area (Å²) in [5.74, 6) is 3.37. The molecule has 1 saturated heterocycles. The molecular formula is C24H26N6O2. The van der Waals surface area contributed by atoms with Crippen molar-refractivity contribution in [1.82, 2.24) is 24.1 Å². The third kappa shape index (κ3) is 3.22. The van der Waals surface area contributed by atoms with Gasteiger partial charge in [0.1, 0.15) is 17.7 Å². The van der Waals surface area contributed by atoms with Crippen LogP contribution in [0.5, 0.6) is 5.75 Å². The molecule has 1 aromatic carbocycles. The third-order valence-electron chi connectivity index (χ3n) is 6.89. The van der Waals surface area contributed by atoms with Gasteiger partial charge in [-0.2, -0.15) is 0 Å². The van der Waals surface area contributed by atoms with Crippen molar-refractivity contribution in [3.05, 3.63) is 61.1 Å². The average molecular weight is 431 g/mol. The minimum atomic E-state index is -0.499. The second-order valence-corrected chi connectivity index (χ2v) is 8.91. The Bertz CT molecular complexity index is 1250. The van der Waals surface area contributed by atoms with E-state index in [4.69, 9.17) is 4.74 Å². The molecule has 0 radical (unpaired) electrons. The van der Waals surface area contributed by atoms with Gasteiger partial charge < -0.3 is 19.3 Å². The number of aromatic nitrogens is 5. The first-order valence-corrected chi connectivity index (χ1v) is 11.1. The Balaban J connectivity index is 1.22. The second-order valence-electron chi connectivity index (χ2n) is 8.91. The van der Waals surface area contributed by atoms with Crippen LogP contribution in [0.1, 0.15) is 12.8 Å². The Morgan fingerprint density at radius 3 is 2.62 bits per heavy atom. The van der Waals surface area contributed by atoms with Crippen molar-refractivity contribution in [3.63, 3.8) is 0 Å². The zero-order valence-corrected chi connectivity index (χ0v) is 18.0. The molecule has 8 nitrogen and oxygen atoms in total. The fraction of sp³-hybridized carbons (Fsp3) is 0.375. The Morgan fingerprint density at radius 1 is 0.969 bits per heavy atom. The number of hydrogen-bond acceptors (Lipinski definition) is 6. The van der Waals surface area contributed by atoms with Gasteiger partial charge in [0.05, 0.1) is 11.7 Å². The molecule has 32 heavy (non-hydrogen) atoms. The van der Waals surface area contributed by atoms with Crippen LogP contribution in [0, 0.1) is 11.8 Å². The zero-order chi connectivity index (χ0) is 21.7. The van der Waals surface area contributed by atoms with E-state index in [1.165, 1.54) is 0 Å². The van der Waals surface area contributed by atoms with E-state index < -0.39 is 6.10 Å². The first-order valence-electron chi connectivity index (χ1n) is 11.1. The maximum absolute atomic E-state index is 10.9. The smallest absolute Gasteiger partial charge is 0.231 e. The molecule has 4 aromatic rings. The van der Waals surface area contributed by atoms with Crippen LogP contribution in [-0.4, -0.2) is 54.6 Å². The lowest BCUT2D eigenvalue weighted by molar-refractivity contribution is -0.0229. The molecule has 4 atom stereocenters. The molecule has 4 heterocycles. The van der Waals surface area contributed by atoms with Crippen molar-refractivity contribution >= 4 is 11.6 Å². The molecule has 8 heteroatoms. The molecule has 6 rings (SSSR count). The van der Waals surface area contributed by atoms with E-state index in [1.807, 2.05) is 70.9 Å². The van der Waals surface area contributed by atoms with Crippen LogP contribution >= 0.6 is 0 Å². The Labute approximate surface area is 186 Å². The van der Waals surface area contributed by atoms with E-state index in [0.29, 0.717) is 11.8 Å². The van der Waals surface area contributed by atoms with Crippen LogP contribution in [0.4, 0.5) is 5.95 Å². The summed E-state index contributed by atoms with van der Waals surface area (Å²) in [7, 11) is 1.97. The molecule has 2 aliphatic rings. The molecule has 1 aliphatic heterocycles. The van der Waals surface area contributed by atoms with Gasteiger partial charge in [-0.3, -0.25) is 4.40 Å². The van der Waals surface area contributed by atoms with Crippen molar-refractivity contribution in [2.75, 3.05) is 18.0 Å². The summed E-state index contributed by atoms with van der Waals surface area (Å²) in [4.78, 5) is 6.77. The number of anilines is 1. The van der Waals surface area contributed by atoms with Gasteiger partial charge in [0.15, 0.2) is 5.65 Å². The van der Waals surface area contributed by atoms with E-state index >= 15 is 0 Å². The highest BCUT2D eigenvalue weighted by molar-refractivity contribution is 5.64. The van der Waals surface area contributed by atoms with Crippen LogP contribution in [0.25, 0.3) is 17.0 Å². The number of rotatable bonds is 4. The minimum Gasteiger partial charge on any atom is -0.487 e. The van der Waals surface area contributed by atoms with Gasteiger partial charge in [-0.1, -0.05) is 18.2 Å². The van der Waals surface area contributed by atoms with Gasteiger partial charge in [-0.15, -0.1) is 10.2 Å². The van der Waals surface area contributed by atoms with Crippen molar-refractivity contribution in [3.8, 4) is 17.1 Å². The first kappa shape index (κ1) is 19.3. The summed E-state index contributed by atoms with van der Waals surface area (Å²) < 4.78 is 10.4. The summed E-state index contributed by atoms with van der Waals surface area (Å²) in [5, 5.41) is 19.7. The lowest BCUT2D eigenvalue weighted by atomic mass is 9.78. The number of benzene rings is 1. The number of hydrogen-bond donors (Lipinski definition) is 1. The highest BCUT2D eigenvalue weighted by atomic mass is 16.5. The summed E-state index contributed by atoms with van der Waals surface area (Å²) >= 11 is 0. The second kappa shape index (κ2) is 7.63. The number of aliphatic hydroxyl groups is 1. The van der Waals surface area contributed by atoms with Gasteiger partial charge in [-0.05, 0) is 48.9 Å². The van der Waals surface area contributed by atoms with Gasteiger partial charge in [0, 0.05) is 38.7 Å². The van der Waals surface area contributed by atoms with Crippen LogP contribution in [0.3, 0.4) is 0 Å². The molecule has 1 aliphatic carbocycles. The number of fused-ring (bicyclic) bond motifs is 2. The topological polar surface area (TPSA) is 80.7 Å². The third-order valence-corrected chi connectivity index (χ3v) is 6.89. The molecule has 1 saturated carbocycles. The molecular weight excluding hydrogens is 404 g/mol. The molecule has 1 N–H and O–H groups in total. The summed E-state index contributed by atoms with van der Waals surface area (Å²) in [6.45, 7) is 1.78. The quantitative estimate of drug-likeness (QED) is 0.536. The van der Waals surface area contributed by atoms with Crippen LogP contribution in [0.15, 0.2) is 61.1 Å². The normalized spacial score (nSPS) is 25.2. The van der Waals surface area contributed by atoms with Crippen LogP contribution < -0.4 is 9.64 Å². The fourth-order valence-corrected chi connectivity index (χ4v) is 5.27. The standard InChI is InChI=1S/C24H26N6O2/c1-28-11-9-25-23(28)18-6-2-3-7-20(18)32-21-13-17-15-29(14-16(17)12-19(21)31)24-27-26-22-8-4-5-10-30(22)24/h2-11,16-17,19,21,31H,12-15H2,1H3/t16-,17+,19+,21+/m0/s1. The zero-order valence-electron chi connectivity index (χ0n) is 18.0. The summed E-state index contributed by atoms with van der Waals surface area (Å²) in [5.41, 5.74) is 1.79. The van der Waals surface area contributed by atoms with E-state index in [0.717, 1.165) is 54.7 Å². The Kier molecular flexibility index (Phi) is 4.61. The Hall–Kier alpha value is -3.39. The van der Waals surface area contributed by atoms with Gasteiger partial charge in [0.25, 0.3) is 0 Å². The monoisotopic (exact) mass is 430 g/mol. The number of para-hydroxylation sites is 1. The first-order chi connectivity index (χ1) is 15.7. The number of pyridine rings is 1. The van der Waals surface area contributed by atoms with Crippen molar-refractivity contribution in [2.24, 2.45) is 18.9 Å². The SMILES string of the molecule is Cn1ccnc1-c1ccccc1O[C@@H]1C[C@@H]2CN(c3nnc4ccccn34)C[C@@H]2C[C@H]1O. The maximum Gasteiger partial charge on any atom is 0.231 e. The van der Waals surface area contributed by atoms with Crippen molar-refractivity contribution in [1.29, 1.82) is 0 Å². The predicted octanol–water partition coefficient (Wildman–Crippen LogP) is 2.78. The van der Waals surface area contributed by atoms with E-state index in [2.05, 4.69) is 20.1 Å². The minimum absolute atomic E-state index is 0.243. The summed E-state index contributed by atoms with van der Waals surface area (Å²) in [6, 6.07) is 13.9. The molecule has 3 aromatic heterocycles. The molecule has 0 spiro atoms. The van der Waals surface area contributed by atoms with Gasteiger partial charge in [0.2, 0.25) is 5.95 Å². The number of nitrogens with zero attached hydrogens (tertiary/aromatic N) is 6. The van der Waals surface area contributed by atoms with Gasteiger partial charge in [-0.25, -0.2) is 4.98 Å². The number of ether oxygens (including phenoxy) is 1. The molecule has 0 bridgehead atoms. The number of imidazole rings is 1. The number of aliphatic hydroxyl groups excluding tert-OH is 1. The highest BCUT2D eigenvalue weighted by Crippen LogP contribution is 2.40. The van der Waals surface area contributed by atoms with E-state index in [9.17, 15) is 5.11 Å². The van der Waals surface area contributed by atoms with Crippen LogP contribution in [-0.2, 0) is 7.05 Å².